The SMILES string of the molecule is C[C@H](NC1CCCc2sc(Cl)cc21)c1cccc(Br)c1. The van der Waals surface area contributed by atoms with Crippen molar-refractivity contribution >= 4 is 38.9 Å². The molecule has 1 aromatic carbocycles. The van der Waals surface area contributed by atoms with Crippen LogP contribution in [0.15, 0.2) is 34.8 Å². The van der Waals surface area contributed by atoms with Crippen molar-refractivity contribution in [3.8, 4) is 0 Å². The Morgan fingerprint density at radius 1 is 1.40 bits per heavy atom. The third-order valence-electron chi connectivity index (χ3n) is 3.88. The largest absolute Gasteiger partial charge is 0.303 e. The molecule has 0 spiro atoms. The predicted molar refractivity (Wildman–Crippen MR) is 90.7 cm³/mol. The van der Waals surface area contributed by atoms with Crippen LogP contribution in [-0.4, -0.2) is 0 Å². The van der Waals surface area contributed by atoms with Crippen molar-refractivity contribution in [2.75, 3.05) is 0 Å². The van der Waals surface area contributed by atoms with Gasteiger partial charge >= 0.3 is 0 Å². The second-order valence-corrected chi connectivity index (χ2v) is 8.00. The number of aryl methyl sites for hydroxylation is 1. The average Bonchev–Trinajstić information content (AvgIpc) is 2.80. The summed E-state index contributed by atoms with van der Waals surface area (Å²) in [4.78, 5) is 1.46. The van der Waals surface area contributed by atoms with Gasteiger partial charge in [-0.2, -0.15) is 0 Å². The molecule has 0 fully saturated rings. The first-order valence-corrected chi connectivity index (χ1v) is 8.92. The lowest BCUT2D eigenvalue weighted by molar-refractivity contribution is 0.418. The van der Waals surface area contributed by atoms with Crippen molar-refractivity contribution in [1.29, 1.82) is 0 Å². The molecular weight excluding hydrogens is 354 g/mol. The number of fused-ring (bicyclic) bond motifs is 1. The highest BCUT2D eigenvalue weighted by Gasteiger charge is 2.24. The Labute approximate surface area is 137 Å². The molecule has 0 saturated heterocycles. The molecule has 1 aromatic heterocycles. The summed E-state index contributed by atoms with van der Waals surface area (Å²) in [6.45, 7) is 2.23. The fourth-order valence-corrected chi connectivity index (χ4v) is 4.67. The van der Waals surface area contributed by atoms with Gasteiger partial charge in [-0.05, 0) is 55.5 Å². The molecule has 2 atom stereocenters. The fraction of sp³-hybridized carbons (Fsp3) is 0.375. The monoisotopic (exact) mass is 369 g/mol. The smallest absolute Gasteiger partial charge is 0.0934 e. The molecule has 1 aliphatic carbocycles. The van der Waals surface area contributed by atoms with Crippen LogP contribution in [0.2, 0.25) is 4.34 Å². The van der Waals surface area contributed by atoms with Gasteiger partial charge in [0.2, 0.25) is 0 Å². The van der Waals surface area contributed by atoms with Crippen LogP contribution in [0.3, 0.4) is 0 Å². The molecule has 3 rings (SSSR count). The van der Waals surface area contributed by atoms with Crippen molar-refractivity contribution in [2.45, 2.75) is 38.3 Å². The van der Waals surface area contributed by atoms with Gasteiger partial charge < -0.3 is 5.32 Å². The van der Waals surface area contributed by atoms with Gasteiger partial charge in [-0.25, -0.2) is 0 Å². The molecule has 1 aliphatic rings. The Kier molecular flexibility index (Phi) is 4.51. The molecule has 2 aromatic rings. The normalized spacial score (nSPS) is 19.6. The van der Waals surface area contributed by atoms with E-state index in [2.05, 4.69) is 58.5 Å². The predicted octanol–water partition coefficient (Wildman–Crippen LogP) is 5.89. The van der Waals surface area contributed by atoms with E-state index >= 15 is 0 Å². The first-order chi connectivity index (χ1) is 9.63. The van der Waals surface area contributed by atoms with Crippen LogP contribution in [0.1, 0.15) is 47.9 Å². The zero-order chi connectivity index (χ0) is 14.1. The maximum absolute atomic E-state index is 6.18. The molecule has 20 heavy (non-hydrogen) atoms. The fourth-order valence-electron chi connectivity index (χ4n) is 2.87. The van der Waals surface area contributed by atoms with Gasteiger partial charge in [-0.15, -0.1) is 11.3 Å². The molecule has 0 radical (unpaired) electrons. The molecule has 0 aliphatic heterocycles. The summed E-state index contributed by atoms with van der Waals surface area (Å²) in [6.07, 6.45) is 3.61. The standard InChI is InChI=1S/C16H17BrClNS/c1-10(11-4-2-5-12(17)8-11)19-14-6-3-7-15-13(14)9-16(18)20-15/h2,4-5,8-10,14,19H,3,6-7H2,1H3/t10-,14?/m0/s1. The minimum absolute atomic E-state index is 0.335. The summed E-state index contributed by atoms with van der Waals surface area (Å²) in [5.41, 5.74) is 2.72. The zero-order valence-corrected chi connectivity index (χ0v) is 14.5. The Bertz CT molecular complexity index is 610. The van der Waals surface area contributed by atoms with E-state index in [1.165, 1.54) is 35.3 Å². The van der Waals surface area contributed by atoms with Crippen molar-refractivity contribution in [2.24, 2.45) is 0 Å². The van der Waals surface area contributed by atoms with Gasteiger partial charge in [0.1, 0.15) is 0 Å². The van der Waals surface area contributed by atoms with Crippen molar-refractivity contribution < 1.29 is 0 Å². The molecule has 1 heterocycles. The third-order valence-corrected chi connectivity index (χ3v) is 5.72. The van der Waals surface area contributed by atoms with Gasteiger partial charge in [0, 0.05) is 21.4 Å². The molecular formula is C16H17BrClNS. The Morgan fingerprint density at radius 3 is 3.05 bits per heavy atom. The van der Waals surface area contributed by atoms with Gasteiger partial charge in [0.05, 0.1) is 4.34 Å². The third kappa shape index (κ3) is 3.11. The number of nitrogens with one attached hydrogen (secondary N) is 1. The maximum atomic E-state index is 6.18. The van der Waals surface area contributed by atoms with E-state index in [0.29, 0.717) is 12.1 Å². The lowest BCUT2D eigenvalue weighted by Crippen LogP contribution is -2.27. The minimum atomic E-state index is 0.335. The number of benzene rings is 1. The lowest BCUT2D eigenvalue weighted by Gasteiger charge is -2.27. The van der Waals surface area contributed by atoms with E-state index in [-0.39, 0.29) is 0 Å². The highest BCUT2D eigenvalue weighted by atomic mass is 79.9. The number of halogens is 2. The number of thiophene rings is 1. The number of rotatable bonds is 3. The highest BCUT2D eigenvalue weighted by molar-refractivity contribution is 9.10. The molecule has 106 valence electrons. The first kappa shape index (κ1) is 14.6. The molecule has 0 bridgehead atoms. The molecule has 1 N–H and O–H groups in total. The Hall–Kier alpha value is -0.350. The second kappa shape index (κ2) is 6.18. The van der Waals surface area contributed by atoms with E-state index in [0.717, 1.165) is 8.81 Å². The first-order valence-electron chi connectivity index (χ1n) is 6.93. The Morgan fingerprint density at radius 2 is 2.25 bits per heavy atom. The van der Waals surface area contributed by atoms with Gasteiger partial charge in [-0.3, -0.25) is 0 Å². The Balaban J connectivity index is 1.78. The van der Waals surface area contributed by atoms with E-state index in [4.69, 9.17) is 11.6 Å². The van der Waals surface area contributed by atoms with Crippen molar-refractivity contribution in [3.63, 3.8) is 0 Å². The van der Waals surface area contributed by atoms with E-state index in [1.54, 1.807) is 11.3 Å². The number of hydrogen-bond donors (Lipinski definition) is 1. The lowest BCUT2D eigenvalue weighted by atomic mass is 9.93. The van der Waals surface area contributed by atoms with Crippen LogP contribution in [0, 0.1) is 0 Å². The topological polar surface area (TPSA) is 12.0 Å². The van der Waals surface area contributed by atoms with Gasteiger partial charge in [-0.1, -0.05) is 39.7 Å². The molecule has 1 unspecified atom stereocenters. The summed E-state index contributed by atoms with van der Waals surface area (Å²) in [7, 11) is 0. The van der Waals surface area contributed by atoms with Crippen LogP contribution in [0.5, 0.6) is 0 Å². The van der Waals surface area contributed by atoms with Gasteiger partial charge in [0.25, 0.3) is 0 Å². The van der Waals surface area contributed by atoms with E-state index in [9.17, 15) is 0 Å². The van der Waals surface area contributed by atoms with Crippen molar-refractivity contribution in [3.05, 3.63) is 55.1 Å². The van der Waals surface area contributed by atoms with Gasteiger partial charge in [0.15, 0.2) is 0 Å². The molecule has 0 saturated carbocycles. The summed E-state index contributed by atoms with van der Waals surface area (Å²) in [5.74, 6) is 0. The summed E-state index contributed by atoms with van der Waals surface area (Å²) >= 11 is 11.5. The summed E-state index contributed by atoms with van der Waals surface area (Å²) < 4.78 is 2.05. The van der Waals surface area contributed by atoms with Crippen LogP contribution < -0.4 is 5.32 Å². The molecule has 0 amide bonds. The maximum Gasteiger partial charge on any atom is 0.0934 e. The average molecular weight is 371 g/mol. The highest BCUT2D eigenvalue weighted by Crippen LogP contribution is 2.38. The van der Waals surface area contributed by atoms with E-state index < -0.39 is 0 Å². The minimum Gasteiger partial charge on any atom is -0.303 e. The molecule has 4 heteroatoms. The van der Waals surface area contributed by atoms with E-state index in [1.807, 2.05) is 0 Å². The summed E-state index contributed by atoms with van der Waals surface area (Å²) in [5, 5.41) is 3.76. The quantitative estimate of drug-likeness (QED) is 0.710. The second-order valence-electron chi connectivity index (χ2n) is 5.32. The van der Waals surface area contributed by atoms with Crippen LogP contribution in [-0.2, 0) is 6.42 Å². The number of hydrogen-bond acceptors (Lipinski definition) is 2. The van der Waals surface area contributed by atoms with Crippen LogP contribution >= 0.6 is 38.9 Å². The summed E-state index contributed by atoms with van der Waals surface area (Å²) in [6, 6.07) is 11.4. The molecule has 1 nitrogen and oxygen atoms in total. The van der Waals surface area contributed by atoms with Crippen molar-refractivity contribution in [1.82, 2.24) is 5.32 Å². The van der Waals surface area contributed by atoms with Crippen LogP contribution in [0.4, 0.5) is 0 Å². The van der Waals surface area contributed by atoms with Crippen LogP contribution in [0.25, 0.3) is 0 Å². The zero-order valence-electron chi connectivity index (χ0n) is 11.3.